The maximum absolute atomic E-state index is 13.2. The molecule has 6 rings (SSSR count). The van der Waals surface area contributed by atoms with Gasteiger partial charge in [-0.15, -0.1) is 0 Å². The van der Waals surface area contributed by atoms with Gasteiger partial charge in [-0.1, -0.05) is 0 Å². The van der Waals surface area contributed by atoms with Crippen molar-refractivity contribution in [3.8, 4) is 6.07 Å². The molecule has 2 aromatic rings. The van der Waals surface area contributed by atoms with E-state index in [1.165, 1.54) is 10.6 Å². The Bertz CT molecular complexity index is 1470. The van der Waals surface area contributed by atoms with Gasteiger partial charge in [0.2, 0.25) is 5.95 Å². The number of hydrogen-bond acceptors (Lipinski definition) is 10. The van der Waals surface area contributed by atoms with Crippen LogP contribution < -0.4 is 10.9 Å². The van der Waals surface area contributed by atoms with E-state index in [4.69, 9.17) is 4.74 Å². The monoisotopic (exact) mass is 572 g/mol. The lowest BCUT2D eigenvalue weighted by Crippen LogP contribution is -2.65. The Kier molecular flexibility index (Phi) is 7.30. The molecule has 1 saturated carbocycles. The number of pyridine rings is 1. The fourth-order valence-corrected chi connectivity index (χ4v) is 8.17. The van der Waals surface area contributed by atoms with Gasteiger partial charge in [-0.2, -0.15) is 27.3 Å². The first-order chi connectivity index (χ1) is 19.2. The summed E-state index contributed by atoms with van der Waals surface area (Å²) in [5.41, 5.74) is -1.18. The van der Waals surface area contributed by atoms with E-state index in [9.17, 15) is 23.6 Å². The van der Waals surface area contributed by atoms with Crippen LogP contribution in [-0.2, 0) is 14.9 Å². The number of rotatable bonds is 6. The lowest BCUT2D eigenvalue weighted by atomic mass is 9.99. The Balaban J connectivity index is 1.13. The highest BCUT2D eigenvalue weighted by atomic mass is 32.2. The van der Waals surface area contributed by atoms with Crippen molar-refractivity contribution in [1.29, 1.82) is 5.26 Å². The van der Waals surface area contributed by atoms with Gasteiger partial charge in [-0.25, -0.2) is 4.98 Å². The normalized spacial score (nSPS) is 28.0. The minimum absolute atomic E-state index is 0.00782. The zero-order valence-corrected chi connectivity index (χ0v) is 23.5. The van der Waals surface area contributed by atoms with E-state index in [2.05, 4.69) is 20.2 Å². The van der Waals surface area contributed by atoms with Gasteiger partial charge < -0.3 is 15.2 Å². The Morgan fingerprint density at radius 2 is 1.88 bits per heavy atom. The molecule has 0 aromatic carbocycles. The van der Waals surface area contributed by atoms with Crippen molar-refractivity contribution in [2.45, 2.75) is 62.8 Å². The molecule has 4 aliphatic rings. The molecule has 4 fully saturated rings. The van der Waals surface area contributed by atoms with Gasteiger partial charge in [0.15, 0.2) is 0 Å². The number of nitriles is 1. The number of nitrogens with zero attached hydrogens (tertiary/aromatic N) is 7. The predicted molar refractivity (Wildman–Crippen MR) is 147 cm³/mol. The SMILES string of the molecule is C[C@@]1(O)CCC[C@H]1n1c(=O)c(C#N)cc2cnc(NC3CCN(S(=O)(=O)N4CC(N5CCOCC5)C4)CC3)nc21. The summed E-state index contributed by atoms with van der Waals surface area (Å²) in [5.74, 6) is 0.334. The molecule has 1 aliphatic carbocycles. The van der Waals surface area contributed by atoms with Gasteiger partial charge >= 0.3 is 0 Å². The third-order valence-electron chi connectivity index (χ3n) is 8.91. The van der Waals surface area contributed by atoms with E-state index in [1.807, 2.05) is 6.07 Å². The van der Waals surface area contributed by atoms with Crippen molar-refractivity contribution >= 4 is 27.2 Å². The van der Waals surface area contributed by atoms with Crippen LogP contribution >= 0.6 is 0 Å². The summed E-state index contributed by atoms with van der Waals surface area (Å²) in [4.78, 5) is 24.6. The molecule has 2 N–H and O–H groups in total. The number of ether oxygens (including phenoxy) is 1. The number of hydrogen-bond donors (Lipinski definition) is 2. The van der Waals surface area contributed by atoms with Gasteiger partial charge in [-0.05, 0) is 45.1 Å². The number of nitrogens with one attached hydrogen (secondary N) is 1. The second-order valence-electron chi connectivity index (χ2n) is 11.5. The van der Waals surface area contributed by atoms with E-state index in [1.54, 1.807) is 21.7 Å². The second kappa shape index (κ2) is 10.6. The Morgan fingerprint density at radius 3 is 2.52 bits per heavy atom. The largest absolute Gasteiger partial charge is 0.388 e. The van der Waals surface area contributed by atoms with Crippen molar-refractivity contribution in [3.05, 3.63) is 28.2 Å². The molecule has 40 heavy (non-hydrogen) atoms. The van der Waals surface area contributed by atoms with Crippen LogP contribution in [0.3, 0.4) is 0 Å². The lowest BCUT2D eigenvalue weighted by Gasteiger charge is -2.47. The first-order valence-electron chi connectivity index (χ1n) is 14.1. The summed E-state index contributed by atoms with van der Waals surface area (Å²) in [5, 5.41) is 24.3. The van der Waals surface area contributed by atoms with E-state index in [-0.39, 0.29) is 17.6 Å². The van der Waals surface area contributed by atoms with Crippen LogP contribution in [0.5, 0.6) is 0 Å². The van der Waals surface area contributed by atoms with E-state index >= 15 is 0 Å². The Morgan fingerprint density at radius 1 is 1.15 bits per heavy atom. The summed E-state index contributed by atoms with van der Waals surface area (Å²) in [6.07, 6.45) is 4.72. The average Bonchev–Trinajstić information content (AvgIpc) is 3.26. The number of piperidine rings is 1. The minimum Gasteiger partial charge on any atom is -0.388 e. The highest BCUT2D eigenvalue weighted by molar-refractivity contribution is 7.86. The quantitative estimate of drug-likeness (QED) is 0.493. The second-order valence-corrected chi connectivity index (χ2v) is 13.5. The summed E-state index contributed by atoms with van der Waals surface area (Å²) in [6, 6.07) is 3.19. The molecule has 0 amide bonds. The van der Waals surface area contributed by atoms with Gasteiger partial charge in [-0.3, -0.25) is 14.3 Å². The third kappa shape index (κ3) is 4.99. The van der Waals surface area contributed by atoms with E-state index < -0.39 is 27.4 Å². The first kappa shape index (κ1) is 27.5. The van der Waals surface area contributed by atoms with Crippen molar-refractivity contribution in [1.82, 2.24) is 28.0 Å². The summed E-state index contributed by atoms with van der Waals surface area (Å²) in [6.45, 7) is 6.65. The Hall–Kier alpha value is -2.67. The van der Waals surface area contributed by atoms with Crippen molar-refractivity contribution < 1.29 is 18.3 Å². The highest BCUT2D eigenvalue weighted by Crippen LogP contribution is 2.39. The molecule has 2 atom stereocenters. The molecular weight excluding hydrogens is 536 g/mol. The molecular formula is C26H36N8O5S. The molecule has 0 spiro atoms. The topological polar surface area (TPSA) is 157 Å². The summed E-state index contributed by atoms with van der Waals surface area (Å²) >= 11 is 0. The van der Waals surface area contributed by atoms with Crippen LogP contribution in [0.4, 0.5) is 5.95 Å². The lowest BCUT2D eigenvalue weighted by molar-refractivity contribution is -0.0128. The van der Waals surface area contributed by atoms with Gasteiger partial charge in [0.1, 0.15) is 17.3 Å². The zero-order chi connectivity index (χ0) is 28.1. The van der Waals surface area contributed by atoms with E-state index in [0.717, 1.165) is 19.5 Å². The smallest absolute Gasteiger partial charge is 0.282 e. The van der Waals surface area contributed by atoms with Crippen LogP contribution in [0.25, 0.3) is 11.0 Å². The molecule has 2 aromatic heterocycles. The molecule has 0 radical (unpaired) electrons. The molecule has 3 saturated heterocycles. The highest BCUT2D eigenvalue weighted by Gasteiger charge is 2.43. The maximum Gasteiger partial charge on any atom is 0.282 e. The number of anilines is 1. The molecule has 216 valence electrons. The van der Waals surface area contributed by atoms with Gasteiger partial charge in [0.25, 0.3) is 15.8 Å². The fraction of sp³-hybridized carbons (Fsp3) is 0.692. The van der Waals surface area contributed by atoms with Crippen LogP contribution in [0, 0.1) is 11.3 Å². The van der Waals surface area contributed by atoms with Crippen LogP contribution in [-0.4, -0.2) is 112 Å². The van der Waals surface area contributed by atoms with E-state index in [0.29, 0.717) is 82.1 Å². The maximum atomic E-state index is 13.2. The average molecular weight is 573 g/mol. The van der Waals surface area contributed by atoms with Crippen LogP contribution in [0.15, 0.2) is 17.1 Å². The zero-order valence-electron chi connectivity index (χ0n) is 22.7. The molecule has 13 nitrogen and oxygen atoms in total. The van der Waals surface area contributed by atoms with Gasteiger partial charge in [0, 0.05) is 62.9 Å². The third-order valence-corrected chi connectivity index (χ3v) is 10.9. The van der Waals surface area contributed by atoms with Crippen molar-refractivity contribution in [3.63, 3.8) is 0 Å². The number of morpholine rings is 1. The first-order valence-corrected chi connectivity index (χ1v) is 15.5. The molecule has 14 heteroatoms. The van der Waals surface area contributed by atoms with Crippen molar-refractivity contribution in [2.75, 3.05) is 57.8 Å². The number of aliphatic hydroxyl groups is 1. The van der Waals surface area contributed by atoms with Crippen LogP contribution in [0.1, 0.15) is 50.6 Å². The predicted octanol–water partition coefficient (Wildman–Crippen LogP) is 0.277. The van der Waals surface area contributed by atoms with Gasteiger partial charge in [0.05, 0.1) is 24.9 Å². The number of fused-ring (bicyclic) bond motifs is 1. The minimum atomic E-state index is -3.50. The fourth-order valence-electron chi connectivity index (χ4n) is 6.45. The molecule has 0 bridgehead atoms. The summed E-state index contributed by atoms with van der Waals surface area (Å²) < 4.78 is 36.4. The van der Waals surface area contributed by atoms with Crippen molar-refractivity contribution in [2.24, 2.45) is 0 Å². The Labute approximate surface area is 233 Å². The number of aromatic nitrogens is 3. The molecule has 3 aliphatic heterocycles. The standard InChI is InChI=1S/C26H36N8O5S/c1-26(36)6-2-3-22(26)34-23-19(13-18(14-27)24(34)35)15-28-25(30-23)29-20-4-7-32(8-5-20)40(37,38)33-16-21(17-33)31-9-11-39-12-10-31/h13,15,20-22,36H,2-12,16-17H2,1H3,(H,28,29,30)/t22-,26-/m1/s1. The molecule has 0 unspecified atom stereocenters. The molecule has 5 heterocycles. The van der Waals surface area contributed by atoms with Crippen LogP contribution in [0.2, 0.25) is 0 Å². The summed E-state index contributed by atoms with van der Waals surface area (Å²) in [7, 11) is -3.50.